The van der Waals surface area contributed by atoms with Gasteiger partial charge in [-0.15, -0.1) is 0 Å². The molecule has 0 amide bonds. The second-order valence-corrected chi connectivity index (χ2v) is 11.4. The number of hydrazine groups is 1. The van der Waals surface area contributed by atoms with Crippen LogP contribution in [0.2, 0.25) is 0 Å². The predicted octanol–water partition coefficient (Wildman–Crippen LogP) is 3.10. The summed E-state index contributed by atoms with van der Waals surface area (Å²) >= 11 is 0. The summed E-state index contributed by atoms with van der Waals surface area (Å²) < 4.78 is 0. The lowest BCUT2D eigenvalue weighted by Gasteiger charge is -2.44. The zero-order chi connectivity index (χ0) is 24.7. The smallest absolute Gasteiger partial charge is 0.225 e. The number of nitrogens with zero attached hydrogens (tertiary/aromatic N) is 4. The second-order valence-electron chi connectivity index (χ2n) is 11.4. The van der Waals surface area contributed by atoms with Gasteiger partial charge in [-0.1, -0.05) is 30.7 Å². The van der Waals surface area contributed by atoms with Crippen molar-refractivity contribution in [2.75, 3.05) is 14.1 Å². The number of rotatable bonds is 8. The molecule has 3 rings (SSSR count). The third-order valence-corrected chi connectivity index (χ3v) is 8.45. The number of allylic oxidation sites excluding steroid dienone is 4. The van der Waals surface area contributed by atoms with Crippen LogP contribution in [-0.4, -0.2) is 91.2 Å². The molecule has 0 spiro atoms. The number of aliphatic hydroxyl groups is 3. The molecule has 0 radical (unpaired) electrons. The predicted molar refractivity (Wildman–Crippen MR) is 133 cm³/mol. The van der Waals surface area contributed by atoms with Crippen LogP contribution >= 0.6 is 0 Å². The molecule has 2 saturated heterocycles. The van der Waals surface area contributed by atoms with E-state index in [-0.39, 0.29) is 30.5 Å². The summed E-state index contributed by atoms with van der Waals surface area (Å²) in [4.78, 5) is 4.35. The number of hydrogen-bond donors (Lipinski definition) is 3. The van der Waals surface area contributed by atoms with Crippen molar-refractivity contribution in [1.82, 2.24) is 19.8 Å². The Labute approximate surface area is 201 Å². The van der Waals surface area contributed by atoms with E-state index in [0.717, 1.165) is 25.7 Å². The van der Waals surface area contributed by atoms with Crippen LogP contribution < -0.4 is 0 Å². The lowest BCUT2D eigenvalue weighted by molar-refractivity contribution is -0.283. The van der Waals surface area contributed by atoms with Crippen molar-refractivity contribution in [3.63, 3.8) is 0 Å². The molecule has 2 aliphatic heterocycles. The van der Waals surface area contributed by atoms with Gasteiger partial charge in [0.2, 0.25) is 5.91 Å². The van der Waals surface area contributed by atoms with E-state index < -0.39 is 11.5 Å². The monoisotopic (exact) mass is 464 g/mol. The summed E-state index contributed by atoms with van der Waals surface area (Å²) in [7, 11) is 4.09. The van der Waals surface area contributed by atoms with Crippen LogP contribution in [0.1, 0.15) is 80.1 Å². The summed E-state index contributed by atoms with van der Waals surface area (Å²) in [5.41, 5.74) is 0.400. The first kappa shape index (κ1) is 26.8. The van der Waals surface area contributed by atoms with Gasteiger partial charge in [0.15, 0.2) is 0 Å². The molecule has 3 aliphatic rings. The highest BCUT2D eigenvalue weighted by Gasteiger charge is 2.51. The molecule has 0 aromatic rings. The van der Waals surface area contributed by atoms with Crippen molar-refractivity contribution >= 4 is 0 Å². The summed E-state index contributed by atoms with van der Waals surface area (Å²) in [5.74, 6) is -1.43. The normalized spacial score (nSPS) is 34.3. The average Bonchev–Trinajstić information content (AvgIpc) is 3.14. The Morgan fingerprint density at radius 1 is 1.09 bits per heavy atom. The Kier molecular flexibility index (Phi) is 8.16. The van der Waals surface area contributed by atoms with Crippen molar-refractivity contribution in [3.05, 3.63) is 23.8 Å². The fourth-order valence-corrected chi connectivity index (χ4v) is 6.47. The molecule has 6 unspecified atom stereocenters. The maximum atomic E-state index is 11.3. The molecule has 7 heteroatoms. The summed E-state index contributed by atoms with van der Waals surface area (Å²) in [5, 5.41) is 37.8. The lowest BCUT2D eigenvalue weighted by atomic mass is 9.96. The van der Waals surface area contributed by atoms with E-state index in [1.165, 1.54) is 5.57 Å². The molecular formula is C26H48N4O3. The molecule has 7 nitrogen and oxygen atoms in total. The van der Waals surface area contributed by atoms with Crippen molar-refractivity contribution in [1.29, 1.82) is 0 Å². The Morgan fingerprint density at radius 3 is 2.33 bits per heavy atom. The summed E-state index contributed by atoms with van der Waals surface area (Å²) in [6.45, 7) is 12.5. The fraction of sp³-hybridized carbons (Fsp3) is 0.846. The van der Waals surface area contributed by atoms with Gasteiger partial charge >= 0.3 is 0 Å². The first-order valence-electron chi connectivity index (χ1n) is 12.8. The minimum atomic E-state index is -1.82. The third kappa shape index (κ3) is 5.56. The van der Waals surface area contributed by atoms with E-state index in [1.54, 1.807) is 0 Å². The number of likely N-dealkylation sites (tertiary alicyclic amines) is 1. The van der Waals surface area contributed by atoms with Crippen LogP contribution in [0, 0.1) is 5.92 Å². The molecule has 0 saturated carbocycles. The average molecular weight is 465 g/mol. The molecule has 6 atom stereocenters. The Morgan fingerprint density at radius 2 is 1.76 bits per heavy atom. The van der Waals surface area contributed by atoms with E-state index in [1.807, 2.05) is 25.8 Å². The van der Waals surface area contributed by atoms with Gasteiger partial charge in [-0.25, -0.2) is 14.9 Å². The zero-order valence-corrected chi connectivity index (χ0v) is 22.1. The van der Waals surface area contributed by atoms with Gasteiger partial charge in [-0.2, -0.15) is 0 Å². The van der Waals surface area contributed by atoms with Crippen LogP contribution in [0.15, 0.2) is 23.8 Å². The molecular weight excluding hydrogens is 416 g/mol. The molecule has 3 N–H and O–H groups in total. The first-order valence-corrected chi connectivity index (χ1v) is 12.8. The molecule has 1 aliphatic carbocycles. The van der Waals surface area contributed by atoms with Gasteiger partial charge in [0, 0.05) is 38.6 Å². The van der Waals surface area contributed by atoms with Crippen molar-refractivity contribution in [2.45, 2.75) is 122 Å². The van der Waals surface area contributed by atoms with E-state index in [2.05, 4.69) is 67.9 Å². The molecule has 0 aromatic carbocycles. The van der Waals surface area contributed by atoms with Gasteiger partial charge in [0.05, 0.1) is 11.8 Å². The lowest BCUT2D eigenvalue weighted by Crippen LogP contribution is -2.58. The minimum Gasteiger partial charge on any atom is -0.387 e. The SMILES string of the molecule is CC1CC(CC(C)N2C(C)N(C)N(C)C2C(C)(C)O)N(C(O)(O)CCC2=CC=CCC2)C1C. The van der Waals surface area contributed by atoms with Crippen molar-refractivity contribution in [2.24, 2.45) is 5.92 Å². The quantitative estimate of drug-likeness (QED) is 0.477. The highest BCUT2D eigenvalue weighted by molar-refractivity contribution is 5.17. The fourth-order valence-electron chi connectivity index (χ4n) is 6.47. The van der Waals surface area contributed by atoms with E-state index in [0.29, 0.717) is 18.8 Å². The van der Waals surface area contributed by atoms with Gasteiger partial charge in [0.1, 0.15) is 6.17 Å². The maximum absolute atomic E-state index is 11.3. The summed E-state index contributed by atoms with van der Waals surface area (Å²) in [6.07, 6.45) is 11.2. The largest absolute Gasteiger partial charge is 0.387 e. The van der Waals surface area contributed by atoms with Crippen LogP contribution in [0.4, 0.5) is 0 Å². The van der Waals surface area contributed by atoms with Crippen LogP contribution in [0.3, 0.4) is 0 Å². The van der Waals surface area contributed by atoms with Crippen LogP contribution in [-0.2, 0) is 0 Å². The molecule has 190 valence electrons. The second kappa shape index (κ2) is 10.1. The molecule has 2 fully saturated rings. The third-order valence-electron chi connectivity index (χ3n) is 8.45. The van der Waals surface area contributed by atoms with Gasteiger partial charge in [0.25, 0.3) is 0 Å². The van der Waals surface area contributed by atoms with E-state index in [4.69, 9.17) is 0 Å². The van der Waals surface area contributed by atoms with Gasteiger partial charge in [-0.05, 0) is 72.6 Å². The highest BCUT2D eigenvalue weighted by Crippen LogP contribution is 2.40. The minimum absolute atomic E-state index is 0.0751. The van der Waals surface area contributed by atoms with E-state index in [9.17, 15) is 15.3 Å². The maximum Gasteiger partial charge on any atom is 0.225 e. The van der Waals surface area contributed by atoms with Gasteiger partial charge in [-0.3, -0.25) is 4.90 Å². The van der Waals surface area contributed by atoms with Crippen LogP contribution in [0.25, 0.3) is 0 Å². The number of likely N-dealkylation sites (N-methyl/N-ethyl adjacent to an activating group) is 1. The van der Waals surface area contributed by atoms with Gasteiger partial charge < -0.3 is 15.3 Å². The highest BCUT2D eigenvalue weighted by atomic mass is 16.5. The Hall–Kier alpha value is -0.800. The molecule has 33 heavy (non-hydrogen) atoms. The standard InChI is InChI=1S/C26H48N4O3/c1-18-16-23(17-19(2)29-21(4)27(7)28(8)24(29)25(5,6)31)30(20(18)3)26(32,33)15-14-22-12-10-9-11-13-22/h9-10,12,18-21,23-24,31-33H,11,13-17H2,1-8H3. The zero-order valence-electron chi connectivity index (χ0n) is 22.1. The van der Waals surface area contributed by atoms with Crippen molar-refractivity contribution in [3.8, 4) is 0 Å². The van der Waals surface area contributed by atoms with E-state index >= 15 is 0 Å². The van der Waals surface area contributed by atoms with Crippen LogP contribution in [0.5, 0.6) is 0 Å². The first-order chi connectivity index (χ1) is 15.3. The molecule has 0 aromatic heterocycles. The molecule has 2 heterocycles. The van der Waals surface area contributed by atoms with Crippen molar-refractivity contribution < 1.29 is 15.3 Å². The Balaban J connectivity index is 1.76. The number of hydrogen-bond acceptors (Lipinski definition) is 7. The summed E-state index contributed by atoms with van der Waals surface area (Å²) in [6, 6.07) is 0.339. The Bertz CT molecular complexity index is 732. The topological polar surface area (TPSA) is 73.7 Å². The molecule has 0 bridgehead atoms.